The molecular weight excluding hydrogens is 405 g/mol. The zero-order chi connectivity index (χ0) is 22.3. The minimum Gasteiger partial charge on any atom is -0.354 e. The number of halogens is 3. The van der Waals surface area contributed by atoms with Crippen molar-refractivity contribution in [2.45, 2.75) is 12.6 Å². The van der Waals surface area contributed by atoms with E-state index >= 15 is 0 Å². The first-order chi connectivity index (χ1) is 14.8. The average molecular weight is 426 g/mol. The van der Waals surface area contributed by atoms with Gasteiger partial charge in [0.05, 0.1) is 12.1 Å². The van der Waals surface area contributed by atoms with Crippen molar-refractivity contribution in [2.75, 3.05) is 13.1 Å². The SMILES string of the molecule is O=C(CNC(=O)c1ccc(-c2ccccc2)cc1)NCCc1ccc(C(F)(F)F)cc1. The lowest BCUT2D eigenvalue weighted by Gasteiger charge is -2.09. The average Bonchev–Trinajstić information content (AvgIpc) is 2.78. The van der Waals surface area contributed by atoms with Gasteiger partial charge in [0.15, 0.2) is 0 Å². The Morgan fingerprint density at radius 1 is 0.742 bits per heavy atom. The largest absolute Gasteiger partial charge is 0.416 e. The highest BCUT2D eigenvalue weighted by atomic mass is 19.4. The van der Waals surface area contributed by atoms with Crippen LogP contribution in [0.2, 0.25) is 0 Å². The maximum Gasteiger partial charge on any atom is 0.416 e. The normalized spacial score (nSPS) is 11.1. The van der Waals surface area contributed by atoms with Gasteiger partial charge in [-0.1, -0.05) is 54.6 Å². The molecule has 0 unspecified atom stereocenters. The quantitative estimate of drug-likeness (QED) is 0.586. The molecule has 0 aliphatic heterocycles. The van der Waals surface area contributed by atoms with E-state index in [1.807, 2.05) is 42.5 Å². The Hall–Kier alpha value is -3.61. The Kier molecular flexibility index (Phi) is 7.07. The van der Waals surface area contributed by atoms with Crippen LogP contribution < -0.4 is 10.6 Å². The molecule has 31 heavy (non-hydrogen) atoms. The van der Waals surface area contributed by atoms with Crippen LogP contribution in [0.15, 0.2) is 78.9 Å². The van der Waals surface area contributed by atoms with Gasteiger partial charge in [0.2, 0.25) is 5.91 Å². The Balaban J connectivity index is 1.41. The zero-order valence-corrected chi connectivity index (χ0v) is 16.6. The number of benzene rings is 3. The highest BCUT2D eigenvalue weighted by molar-refractivity contribution is 5.96. The number of amides is 2. The standard InChI is InChI=1S/C24H21F3N2O2/c25-24(26,27)21-12-6-17(7-13-21)14-15-28-22(30)16-29-23(31)20-10-8-19(9-11-20)18-4-2-1-3-5-18/h1-13H,14-16H2,(H,28,30)(H,29,31). The van der Waals surface area contributed by atoms with E-state index in [0.717, 1.165) is 23.3 Å². The van der Waals surface area contributed by atoms with Crippen molar-refractivity contribution in [1.82, 2.24) is 10.6 Å². The van der Waals surface area contributed by atoms with Crippen LogP contribution in [0.25, 0.3) is 11.1 Å². The first-order valence-electron chi connectivity index (χ1n) is 9.69. The van der Waals surface area contributed by atoms with E-state index < -0.39 is 11.7 Å². The van der Waals surface area contributed by atoms with E-state index in [-0.39, 0.29) is 24.9 Å². The summed E-state index contributed by atoms with van der Waals surface area (Å²) >= 11 is 0. The van der Waals surface area contributed by atoms with Gasteiger partial charge >= 0.3 is 6.18 Å². The second kappa shape index (κ2) is 9.93. The van der Waals surface area contributed by atoms with Crippen molar-refractivity contribution in [3.63, 3.8) is 0 Å². The third-order valence-corrected chi connectivity index (χ3v) is 4.68. The van der Waals surface area contributed by atoms with Crippen LogP contribution in [0.3, 0.4) is 0 Å². The number of alkyl halides is 3. The maximum atomic E-state index is 12.6. The van der Waals surface area contributed by atoms with Gasteiger partial charge < -0.3 is 10.6 Å². The van der Waals surface area contributed by atoms with E-state index in [0.29, 0.717) is 17.5 Å². The van der Waals surface area contributed by atoms with E-state index in [1.54, 1.807) is 12.1 Å². The number of hydrogen-bond acceptors (Lipinski definition) is 2. The summed E-state index contributed by atoms with van der Waals surface area (Å²) in [4.78, 5) is 24.1. The fourth-order valence-corrected chi connectivity index (χ4v) is 2.98. The van der Waals surface area contributed by atoms with Crippen molar-refractivity contribution in [3.05, 3.63) is 95.6 Å². The maximum absolute atomic E-state index is 12.6. The van der Waals surface area contributed by atoms with Crippen LogP contribution in [0, 0.1) is 0 Å². The monoisotopic (exact) mass is 426 g/mol. The molecule has 0 aliphatic carbocycles. The molecule has 0 heterocycles. The second-order valence-corrected chi connectivity index (χ2v) is 6.92. The fraction of sp³-hybridized carbons (Fsp3) is 0.167. The van der Waals surface area contributed by atoms with Crippen LogP contribution in [0.5, 0.6) is 0 Å². The van der Waals surface area contributed by atoms with Gasteiger partial charge in [0, 0.05) is 12.1 Å². The number of hydrogen-bond donors (Lipinski definition) is 2. The van der Waals surface area contributed by atoms with Gasteiger partial charge in [0.25, 0.3) is 5.91 Å². The van der Waals surface area contributed by atoms with Gasteiger partial charge in [-0.3, -0.25) is 9.59 Å². The van der Waals surface area contributed by atoms with Crippen LogP contribution in [-0.2, 0) is 17.4 Å². The summed E-state index contributed by atoms with van der Waals surface area (Å²) in [7, 11) is 0. The number of carbonyl (C=O) groups excluding carboxylic acids is 2. The molecular formula is C24H21F3N2O2. The summed E-state index contributed by atoms with van der Waals surface area (Å²) in [5.74, 6) is -0.737. The number of carbonyl (C=O) groups is 2. The van der Waals surface area contributed by atoms with Crippen molar-refractivity contribution in [2.24, 2.45) is 0 Å². The van der Waals surface area contributed by atoms with Crippen molar-refractivity contribution in [1.29, 1.82) is 0 Å². The molecule has 0 aromatic heterocycles. The summed E-state index contributed by atoms with van der Waals surface area (Å²) in [6.07, 6.45) is -3.98. The van der Waals surface area contributed by atoms with Crippen molar-refractivity contribution in [3.8, 4) is 11.1 Å². The fourth-order valence-electron chi connectivity index (χ4n) is 2.98. The van der Waals surface area contributed by atoms with Crippen LogP contribution in [-0.4, -0.2) is 24.9 Å². The Bertz CT molecular complexity index is 1020. The minimum absolute atomic E-state index is 0.188. The predicted octanol–water partition coefficient (Wildman–Crippen LogP) is 4.46. The molecule has 0 spiro atoms. The molecule has 7 heteroatoms. The molecule has 3 aromatic carbocycles. The minimum atomic E-state index is -4.37. The molecule has 3 rings (SSSR count). The topological polar surface area (TPSA) is 58.2 Å². The highest BCUT2D eigenvalue weighted by Crippen LogP contribution is 2.29. The summed E-state index contributed by atoms with van der Waals surface area (Å²) < 4.78 is 37.7. The Morgan fingerprint density at radius 3 is 1.97 bits per heavy atom. The van der Waals surface area contributed by atoms with Crippen molar-refractivity contribution >= 4 is 11.8 Å². The molecule has 0 fully saturated rings. The molecule has 0 saturated heterocycles. The zero-order valence-electron chi connectivity index (χ0n) is 16.6. The van der Waals surface area contributed by atoms with Gasteiger partial charge in [0.1, 0.15) is 0 Å². The molecule has 4 nitrogen and oxygen atoms in total. The predicted molar refractivity (Wildman–Crippen MR) is 112 cm³/mol. The van der Waals surface area contributed by atoms with Gasteiger partial charge in [-0.15, -0.1) is 0 Å². The van der Waals surface area contributed by atoms with Crippen LogP contribution in [0.4, 0.5) is 13.2 Å². The molecule has 0 aliphatic rings. The number of nitrogens with one attached hydrogen (secondary N) is 2. The summed E-state index contributed by atoms with van der Waals surface area (Å²) in [5, 5.41) is 5.19. The second-order valence-electron chi connectivity index (χ2n) is 6.92. The smallest absolute Gasteiger partial charge is 0.354 e. The lowest BCUT2D eigenvalue weighted by molar-refractivity contribution is -0.137. The first-order valence-corrected chi connectivity index (χ1v) is 9.69. The Labute approximate surface area is 178 Å². The molecule has 2 amide bonds. The molecule has 2 N–H and O–H groups in total. The molecule has 3 aromatic rings. The summed E-state index contributed by atoms with van der Waals surface area (Å²) in [6, 6.07) is 21.6. The van der Waals surface area contributed by atoms with Crippen molar-refractivity contribution < 1.29 is 22.8 Å². The van der Waals surface area contributed by atoms with Gasteiger partial charge in [-0.05, 0) is 47.4 Å². The van der Waals surface area contributed by atoms with Gasteiger partial charge in [-0.25, -0.2) is 0 Å². The first kappa shape index (κ1) is 22.1. The third-order valence-electron chi connectivity index (χ3n) is 4.68. The molecule has 160 valence electrons. The third kappa shape index (κ3) is 6.44. The highest BCUT2D eigenvalue weighted by Gasteiger charge is 2.29. The molecule has 0 atom stereocenters. The van der Waals surface area contributed by atoms with E-state index in [9.17, 15) is 22.8 Å². The van der Waals surface area contributed by atoms with Crippen LogP contribution >= 0.6 is 0 Å². The number of rotatable bonds is 7. The lowest BCUT2D eigenvalue weighted by Crippen LogP contribution is -2.37. The Morgan fingerprint density at radius 2 is 1.35 bits per heavy atom. The van der Waals surface area contributed by atoms with E-state index in [4.69, 9.17) is 0 Å². The molecule has 0 saturated carbocycles. The molecule has 0 radical (unpaired) electrons. The van der Waals surface area contributed by atoms with Crippen LogP contribution in [0.1, 0.15) is 21.5 Å². The van der Waals surface area contributed by atoms with Gasteiger partial charge in [-0.2, -0.15) is 13.2 Å². The van der Waals surface area contributed by atoms with E-state index in [2.05, 4.69) is 10.6 Å². The lowest BCUT2D eigenvalue weighted by atomic mass is 10.0. The summed E-state index contributed by atoms with van der Waals surface area (Å²) in [5.41, 5.74) is 2.44. The summed E-state index contributed by atoms with van der Waals surface area (Å²) in [6.45, 7) is 0.0676. The molecule has 0 bridgehead atoms. The van der Waals surface area contributed by atoms with E-state index in [1.165, 1.54) is 12.1 Å².